The standard InChI is InChI=1S/C15H17FN2O/c1-11-7-12(16)9-13(8-11)18-15(2,10-19)14-5-3-4-6-17-14/h3-9,18-19H,10H2,1-2H3. The van der Waals surface area contributed by atoms with Crippen LogP contribution in [0.4, 0.5) is 10.1 Å². The van der Waals surface area contributed by atoms with Gasteiger partial charge >= 0.3 is 0 Å². The third-order valence-corrected chi connectivity index (χ3v) is 3.01. The Balaban J connectivity index is 2.33. The molecule has 0 bridgehead atoms. The van der Waals surface area contributed by atoms with Crippen LogP contribution < -0.4 is 5.32 Å². The maximum atomic E-state index is 13.4. The van der Waals surface area contributed by atoms with Crippen molar-refractivity contribution in [2.75, 3.05) is 11.9 Å². The first-order valence-corrected chi connectivity index (χ1v) is 6.11. The first kappa shape index (κ1) is 13.5. The summed E-state index contributed by atoms with van der Waals surface area (Å²) in [4.78, 5) is 4.25. The van der Waals surface area contributed by atoms with Gasteiger partial charge in [0.2, 0.25) is 0 Å². The first-order valence-electron chi connectivity index (χ1n) is 6.11. The maximum absolute atomic E-state index is 13.4. The van der Waals surface area contributed by atoms with E-state index >= 15 is 0 Å². The Hall–Kier alpha value is -1.94. The molecule has 4 heteroatoms. The number of hydrogen-bond donors (Lipinski definition) is 2. The van der Waals surface area contributed by atoms with E-state index in [1.807, 2.05) is 38.1 Å². The molecule has 3 nitrogen and oxygen atoms in total. The molecule has 1 unspecified atom stereocenters. The number of benzene rings is 1. The van der Waals surface area contributed by atoms with Crippen LogP contribution in [0.2, 0.25) is 0 Å². The molecule has 0 saturated heterocycles. The molecule has 1 atom stereocenters. The number of aromatic nitrogens is 1. The monoisotopic (exact) mass is 260 g/mol. The van der Waals surface area contributed by atoms with Gasteiger partial charge in [0.05, 0.1) is 17.8 Å². The number of nitrogens with one attached hydrogen (secondary N) is 1. The summed E-state index contributed by atoms with van der Waals surface area (Å²) in [6, 6.07) is 10.2. The highest BCUT2D eigenvalue weighted by atomic mass is 19.1. The fourth-order valence-electron chi connectivity index (χ4n) is 2.00. The Morgan fingerprint density at radius 2 is 2.11 bits per heavy atom. The quantitative estimate of drug-likeness (QED) is 0.888. The van der Waals surface area contributed by atoms with Crippen molar-refractivity contribution in [3.63, 3.8) is 0 Å². The Morgan fingerprint density at radius 1 is 1.32 bits per heavy atom. The summed E-state index contributed by atoms with van der Waals surface area (Å²) >= 11 is 0. The highest BCUT2D eigenvalue weighted by Gasteiger charge is 2.27. The normalized spacial score (nSPS) is 13.9. The molecule has 0 amide bonds. The molecule has 0 spiro atoms. The lowest BCUT2D eigenvalue weighted by atomic mass is 9.97. The van der Waals surface area contributed by atoms with Gasteiger partial charge < -0.3 is 10.4 Å². The molecular weight excluding hydrogens is 243 g/mol. The molecule has 0 aliphatic carbocycles. The average Bonchev–Trinajstić information content (AvgIpc) is 2.38. The third kappa shape index (κ3) is 3.09. The molecule has 1 aromatic carbocycles. The number of aliphatic hydroxyl groups is 1. The van der Waals surface area contributed by atoms with Crippen molar-refractivity contribution in [3.8, 4) is 0 Å². The lowest BCUT2D eigenvalue weighted by molar-refractivity contribution is 0.221. The number of aliphatic hydroxyl groups excluding tert-OH is 1. The van der Waals surface area contributed by atoms with E-state index in [4.69, 9.17) is 0 Å². The number of halogens is 1. The minimum atomic E-state index is -0.749. The molecule has 0 aliphatic heterocycles. The molecule has 0 saturated carbocycles. The number of hydrogen-bond acceptors (Lipinski definition) is 3. The smallest absolute Gasteiger partial charge is 0.125 e. The summed E-state index contributed by atoms with van der Waals surface area (Å²) in [7, 11) is 0. The zero-order valence-electron chi connectivity index (χ0n) is 11.0. The highest BCUT2D eigenvalue weighted by molar-refractivity contribution is 5.49. The SMILES string of the molecule is Cc1cc(F)cc(NC(C)(CO)c2ccccn2)c1. The topological polar surface area (TPSA) is 45.1 Å². The van der Waals surface area contributed by atoms with Gasteiger partial charge in [0, 0.05) is 11.9 Å². The fourth-order valence-corrected chi connectivity index (χ4v) is 2.00. The van der Waals surface area contributed by atoms with Gasteiger partial charge in [0.15, 0.2) is 0 Å². The molecule has 2 rings (SSSR count). The Kier molecular flexibility index (Phi) is 3.81. The van der Waals surface area contributed by atoms with Crippen LogP contribution in [0.5, 0.6) is 0 Å². The minimum absolute atomic E-state index is 0.139. The van der Waals surface area contributed by atoms with Crippen molar-refractivity contribution in [2.24, 2.45) is 0 Å². The number of rotatable bonds is 4. The molecule has 19 heavy (non-hydrogen) atoms. The number of nitrogens with zero attached hydrogens (tertiary/aromatic N) is 1. The zero-order valence-corrected chi connectivity index (χ0v) is 11.0. The van der Waals surface area contributed by atoms with E-state index in [1.54, 1.807) is 6.20 Å². The Morgan fingerprint density at radius 3 is 2.68 bits per heavy atom. The first-order chi connectivity index (χ1) is 9.03. The van der Waals surface area contributed by atoms with Crippen LogP contribution in [-0.4, -0.2) is 16.7 Å². The van der Waals surface area contributed by atoms with E-state index in [0.717, 1.165) is 5.56 Å². The maximum Gasteiger partial charge on any atom is 0.125 e. The van der Waals surface area contributed by atoms with Crippen LogP contribution in [0, 0.1) is 12.7 Å². The summed E-state index contributed by atoms with van der Waals surface area (Å²) in [6.45, 7) is 3.51. The summed E-state index contributed by atoms with van der Waals surface area (Å²) in [5.74, 6) is -0.302. The molecule has 100 valence electrons. The molecule has 2 N–H and O–H groups in total. The van der Waals surface area contributed by atoms with Crippen molar-refractivity contribution in [1.29, 1.82) is 0 Å². The van der Waals surface area contributed by atoms with Crippen molar-refractivity contribution < 1.29 is 9.50 Å². The highest BCUT2D eigenvalue weighted by Crippen LogP contribution is 2.25. The van der Waals surface area contributed by atoms with Gasteiger partial charge in [-0.25, -0.2) is 4.39 Å². The minimum Gasteiger partial charge on any atom is -0.394 e. The average molecular weight is 260 g/mol. The number of anilines is 1. The molecule has 0 aliphatic rings. The number of pyridine rings is 1. The molecule has 1 aromatic heterocycles. The van der Waals surface area contributed by atoms with Gasteiger partial charge in [0.1, 0.15) is 5.82 Å². The second-order valence-electron chi connectivity index (χ2n) is 4.85. The molecule has 1 heterocycles. The second-order valence-corrected chi connectivity index (χ2v) is 4.85. The van der Waals surface area contributed by atoms with Gasteiger partial charge in [-0.2, -0.15) is 0 Å². The van der Waals surface area contributed by atoms with Crippen molar-refractivity contribution in [1.82, 2.24) is 4.98 Å². The lowest BCUT2D eigenvalue weighted by Gasteiger charge is -2.29. The van der Waals surface area contributed by atoms with Crippen LogP contribution >= 0.6 is 0 Å². The Labute approximate surface area is 112 Å². The predicted molar refractivity (Wildman–Crippen MR) is 73.4 cm³/mol. The van der Waals surface area contributed by atoms with Crippen LogP contribution in [0.25, 0.3) is 0 Å². The van der Waals surface area contributed by atoms with Crippen molar-refractivity contribution in [3.05, 3.63) is 59.7 Å². The van der Waals surface area contributed by atoms with Crippen molar-refractivity contribution >= 4 is 5.69 Å². The lowest BCUT2D eigenvalue weighted by Crippen LogP contribution is -2.36. The van der Waals surface area contributed by atoms with Gasteiger partial charge in [-0.15, -0.1) is 0 Å². The Bertz CT molecular complexity index is 539. The predicted octanol–water partition coefficient (Wildman–Crippen LogP) is 2.85. The van der Waals surface area contributed by atoms with Crippen LogP contribution in [-0.2, 0) is 5.54 Å². The summed E-state index contributed by atoms with van der Waals surface area (Å²) in [6.07, 6.45) is 1.67. The van der Waals surface area contributed by atoms with E-state index in [-0.39, 0.29) is 12.4 Å². The zero-order chi connectivity index (χ0) is 13.9. The molecular formula is C15H17FN2O. The van der Waals surface area contributed by atoms with E-state index in [1.165, 1.54) is 12.1 Å². The second kappa shape index (κ2) is 5.36. The third-order valence-electron chi connectivity index (χ3n) is 3.01. The summed E-state index contributed by atoms with van der Waals surface area (Å²) < 4.78 is 13.4. The van der Waals surface area contributed by atoms with Gasteiger partial charge in [-0.05, 0) is 49.7 Å². The molecule has 0 radical (unpaired) electrons. The fraction of sp³-hybridized carbons (Fsp3) is 0.267. The summed E-state index contributed by atoms with van der Waals surface area (Å²) in [5.41, 5.74) is 1.41. The van der Waals surface area contributed by atoms with Crippen LogP contribution in [0.1, 0.15) is 18.2 Å². The molecule has 0 fully saturated rings. The van der Waals surface area contributed by atoms with E-state index in [0.29, 0.717) is 11.4 Å². The van der Waals surface area contributed by atoms with Crippen LogP contribution in [0.3, 0.4) is 0 Å². The van der Waals surface area contributed by atoms with E-state index in [9.17, 15) is 9.50 Å². The van der Waals surface area contributed by atoms with Gasteiger partial charge in [-0.3, -0.25) is 4.98 Å². The summed E-state index contributed by atoms with van der Waals surface area (Å²) in [5, 5.41) is 12.8. The molecule has 2 aromatic rings. The van der Waals surface area contributed by atoms with Crippen molar-refractivity contribution in [2.45, 2.75) is 19.4 Å². The van der Waals surface area contributed by atoms with Gasteiger partial charge in [-0.1, -0.05) is 6.07 Å². The largest absolute Gasteiger partial charge is 0.394 e. The van der Waals surface area contributed by atoms with E-state index in [2.05, 4.69) is 10.3 Å². The van der Waals surface area contributed by atoms with Crippen LogP contribution in [0.15, 0.2) is 42.6 Å². The van der Waals surface area contributed by atoms with E-state index < -0.39 is 5.54 Å². The number of aryl methyl sites for hydroxylation is 1. The van der Waals surface area contributed by atoms with Gasteiger partial charge in [0.25, 0.3) is 0 Å².